The maximum absolute atomic E-state index is 6.02. The van der Waals surface area contributed by atoms with Gasteiger partial charge < -0.3 is 5.73 Å². The fourth-order valence-corrected chi connectivity index (χ4v) is 2.95. The van der Waals surface area contributed by atoms with Crippen LogP contribution in [0.5, 0.6) is 0 Å². The molecule has 2 aromatic heterocycles. The molecule has 19 heavy (non-hydrogen) atoms. The van der Waals surface area contributed by atoms with Crippen LogP contribution >= 0.6 is 0 Å². The second-order valence-corrected chi connectivity index (χ2v) is 4.98. The van der Waals surface area contributed by atoms with E-state index < -0.39 is 0 Å². The number of aryl methyl sites for hydroxylation is 1. The quantitative estimate of drug-likeness (QED) is 0.721. The Hall–Kier alpha value is -2.36. The van der Waals surface area contributed by atoms with Gasteiger partial charge in [-0.3, -0.25) is 0 Å². The van der Waals surface area contributed by atoms with E-state index in [0.717, 1.165) is 24.2 Å². The summed E-state index contributed by atoms with van der Waals surface area (Å²) in [6.07, 6.45) is 4.07. The molecule has 1 atom stereocenters. The highest BCUT2D eigenvalue weighted by molar-refractivity contribution is 5.64. The molecular weight excluding hydrogens is 236 g/mol. The van der Waals surface area contributed by atoms with Crippen LogP contribution in [0.2, 0.25) is 0 Å². The summed E-state index contributed by atoms with van der Waals surface area (Å²) in [6, 6.07) is 12.4. The van der Waals surface area contributed by atoms with Crippen molar-refractivity contribution in [2.24, 2.45) is 0 Å². The minimum absolute atomic E-state index is 0.269. The van der Waals surface area contributed by atoms with Crippen molar-refractivity contribution >= 4 is 11.3 Å². The third kappa shape index (κ3) is 1.53. The number of nitrogens with two attached hydrogens (primary N) is 1. The van der Waals surface area contributed by atoms with E-state index in [0.29, 0.717) is 5.82 Å². The number of benzene rings is 1. The molecule has 4 rings (SSSR count). The van der Waals surface area contributed by atoms with Gasteiger partial charge in [-0.15, -0.1) is 0 Å². The summed E-state index contributed by atoms with van der Waals surface area (Å²) in [6.45, 7) is 0. The average molecular weight is 250 g/mol. The number of hydrogen-bond donors (Lipinski definition) is 1. The zero-order chi connectivity index (χ0) is 12.8. The minimum atomic E-state index is 0.269. The summed E-state index contributed by atoms with van der Waals surface area (Å²) in [5, 5.41) is 4.60. The van der Waals surface area contributed by atoms with E-state index >= 15 is 0 Å². The Bertz CT molecular complexity index is 760. The van der Waals surface area contributed by atoms with Crippen molar-refractivity contribution in [1.82, 2.24) is 14.6 Å². The number of fused-ring (bicyclic) bond motifs is 2. The zero-order valence-corrected chi connectivity index (χ0v) is 10.5. The first-order chi connectivity index (χ1) is 9.33. The van der Waals surface area contributed by atoms with E-state index in [1.807, 2.05) is 22.8 Å². The minimum Gasteiger partial charge on any atom is -0.382 e. The van der Waals surface area contributed by atoms with Crippen LogP contribution in [0.3, 0.4) is 0 Å². The van der Waals surface area contributed by atoms with Crippen LogP contribution in [-0.2, 0) is 6.42 Å². The lowest BCUT2D eigenvalue weighted by Crippen LogP contribution is -2.09. The van der Waals surface area contributed by atoms with Crippen molar-refractivity contribution in [3.8, 4) is 0 Å². The van der Waals surface area contributed by atoms with E-state index in [-0.39, 0.29) is 5.92 Å². The largest absolute Gasteiger partial charge is 0.382 e. The first-order valence-corrected chi connectivity index (χ1v) is 6.51. The van der Waals surface area contributed by atoms with Crippen molar-refractivity contribution in [3.05, 3.63) is 59.5 Å². The Morgan fingerprint density at radius 2 is 2.05 bits per heavy atom. The van der Waals surface area contributed by atoms with Crippen LogP contribution < -0.4 is 5.73 Å². The fraction of sp³-hybridized carbons (Fsp3) is 0.200. The second-order valence-electron chi connectivity index (χ2n) is 4.98. The zero-order valence-electron chi connectivity index (χ0n) is 10.5. The van der Waals surface area contributed by atoms with Crippen LogP contribution in [0, 0.1) is 0 Å². The van der Waals surface area contributed by atoms with Crippen molar-refractivity contribution in [1.29, 1.82) is 0 Å². The lowest BCUT2D eigenvalue weighted by Gasteiger charge is -2.11. The summed E-state index contributed by atoms with van der Waals surface area (Å²) in [5.74, 6) is 1.65. The molecule has 0 bridgehead atoms. The van der Waals surface area contributed by atoms with Gasteiger partial charge in [-0.1, -0.05) is 24.3 Å². The predicted octanol–water partition coefficient (Wildman–Crippen LogP) is 2.39. The van der Waals surface area contributed by atoms with Gasteiger partial charge in [-0.25, -0.2) is 9.50 Å². The smallest absolute Gasteiger partial charge is 0.159 e. The van der Waals surface area contributed by atoms with Crippen LogP contribution in [-0.4, -0.2) is 14.6 Å². The first kappa shape index (κ1) is 10.6. The summed E-state index contributed by atoms with van der Waals surface area (Å²) in [4.78, 5) is 4.50. The molecule has 0 aliphatic heterocycles. The first-order valence-electron chi connectivity index (χ1n) is 6.51. The summed E-state index contributed by atoms with van der Waals surface area (Å²) < 4.78 is 1.82. The van der Waals surface area contributed by atoms with Gasteiger partial charge in [0.2, 0.25) is 0 Å². The average Bonchev–Trinajstić information content (AvgIpc) is 3.04. The van der Waals surface area contributed by atoms with Gasteiger partial charge in [-0.05, 0) is 36.1 Å². The molecule has 2 heterocycles. The summed E-state index contributed by atoms with van der Waals surface area (Å²) >= 11 is 0. The fourth-order valence-electron chi connectivity index (χ4n) is 2.95. The van der Waals surface area contributed by atoms with Gasteiger partial charge in [-0.2, -0.15) is 5.10 Å². The standard InChI is InChI=1S/C15H14N4/c16-14-13-6-3-9-19(13)18-15(17-14)12-8-7-10-4-1-2-5-11(10)12/h1-6,9,12H,7-8H2,(H2,16,17,18)/t12-/m1/s1. The molecule has 3 aromatic rings. The molecule has 4 heteroatoms. The van der Waals surface area contributed by atoms with Crippen LogP contribution in [0.1, 0.15) is 29.3 Å². The maximum Gasteiger partial charge on any atom is 0.159 e. The number of hydrogen-bond acceptors (Lipinski definition) is 3. The number of rotatable bonds is 1. The molecule has 1 aromatic carbocycles. The van der Waals surface area contributed by atoms with E-state index in [4.69, 9.17) is 5.73 Å². The Labute approximate surface area is 110 Å². The van der Waals surface area contributed by atoms with Gasteiger partial charge >= 0.3 is 0 Å². The van der Waals surface area contributed by atoms with Crippen molar-refractivity contribution in [3.63, 3.8) is 0 Å². The van der Waals surface area contributed by atoms with E-state index in [1.54, 1.807) is 0 Å². The molecule has 0 unspecified atom stereocenters. The molecule has 1 aliphatic rings. The monoisotopic (exact) mass is 250 g/mol. The topological polar surface area (TPSA) is 56.2 Å². The van der Waals surface area contributed by atoms with E-state index in [9.17, 15) is 0 Å². The normalized spacial score (nSPS) is 17.8. The molecule has 0 saturated carbocycles. The molecule has 94 valence electrons. The molecule has 2 N–H and O–H groups in total. The van der Waals surface area contributed by atoms with Crippen LogP contribution in [0.15, 0.2) is 42.6 Å². The molecule has 0 spiro atoms. The lowest BCUT2D eigenvalue weighted by molar-refractivity contribution is 0.694. The van der Waals surface area contributed by atoms with Crippen molar-refractivity contribution < 1.29 is 0 Å². The number of aromatic nitrogens is 3. The third-order valence-corrected chi connectivity index (χ3v) is 3.88. The van der Waals surface area contributed by atoms with Gasteiger partial charge in [0.05, 0.1) is 0 Å². The second kappa shape index (κ2) is 3.82. The van der Waals surface area contributed by atoms with Gasteiger partial charge in [0.15, 0.2) is 11.6 Å². The number of anilines is 1. The van der Waals surface area contributed by atoms with Gasteiger partial charge in [0.25, 0.3) is 0 Å². The molecule has 1 aliphatic carbocycles. The van der Waals surface area contributed by atoms with E-state index in [2.05, 4.69) is 34.3 Å². The SMILES string of the molecule is Nc1nc([C@@H]2CCc3ccccc32)nn2cccc12. The summed E-state index contributed by atoms with van der Waals surface area (Å²) in [7, 11) is 0. The van der Waals surface area contributed by atoms with Crippen LogP contribution in [0.25, 0.3) is 5.52 Å². The molecule has 0 saturated heterocycles. The van der Waals surface area contributed by atoms with Crippen molar-refractivity contribution in [2.45, 2.75) is 18.8 Å². The Balaban J connectivity index is 1.87. The highest BCUT2D eigenvalue weighted by atomic mass is 15.3. The summed E-state index contributed by atoms with van der Waals surface area (Å²) in [5.41, 5.74) is 9.63. The lowest BCUT2D eigenvalue weighted by atomic mass is 10.0. The third-order valence-electron chi connectivity index (χ3n) is 3.88. The predicted molar refractivity (Wildman–Crippen MR) is 74.0 cm³/mol. The molecule has 0 amide bonds. The Kier molecular flexibility index (Phi) is 2.12. The maximum atomic E-state index is 6.02. The Morgan fingerprint density at radius 3 is 3.00 bits per heavy atom. The molecular formula is C15H14N4. The highest BCUT2D eigenvalue weighted by Crippen LogP contribution is 2.36. The number of nitrogens with zero attached hydrogens (tertiary/aromatic N) is 3. The van der Waals surface area contributed by atoms with Crippen LogP contribution in [0.4, 0.5) is 5.82 Å². The van der Waals surface area contributed by atoms with Crippen molar-refractivity contribution in [2.75, 3.05) is 5.73 Å². The molecule has 0 radical (unpaired) electrons. The number of nitrogen functional groups attached to an aromatic ring is 1. The van der Waals surface area contributed by atoms with Gasteiger partial charge in [0.1, 0.15) is 5.52 Å². The molecule has 4 nitrogen and oxygen atoms in total. The Morgan fingerprint density at radius 1 is 1.16 bits per heavy atom. The molecule has 0 fully saturated rings. The van der Waals surface area contributed by atoms with Gasteiger partial charge in [0, 0.05) is 12.1 Å². The highest BCUT2D eigenvalue weighted by Gasteiger charge is 2.26. The van der Waals surface area contributed by atoms with E-state index in [1.165, 1.54) is 11.1 Å².